The molecular weight excluding hydrogens is 360 g/mol. The van der Waals surface area contributed by atoms with E-state index in [2.05, 4.69) is 17.1 Å². The molecule has 1 heterocycles. The van der Waals surface area contributed by atoms with E-state index < -0.39 is 15.5 Å². The minimum Gasteiger partial charge on any atom is -0.355 e. The lowest BCUT2D eigenvalue weighted by Gasteiger charge is -2.16. The molecule has 3 rings (SSSR count). The number of hydrogen-bond acceptors (Lipinski definition) is 4. The molecule has 2 N–H and O–H groups in total. The van der Waals surface area contributed by atoms with E-state index in [0.717, 1.165) is 30.2 Å². The maximum Gasteiger partial charge on any atom is 0.236 e. The van der Waals surface area contributed by atoms with Gasteiger partial charge in [-0.3, -0.25) is 4.98 Å². The third-order valence-corrected chi connectivity index (χ3v) is 5.54. The number of rotatable bonds is 9. The van der Waals surface area contributed by atoms with Crippen LogP contribution in [0, 0.1) is 0 Å². The van der Waals surface area contributed by atoms with Crippen LogP contribution in [0.15, 0.2) is 66.7 Å². The van der Waals surface area contributed by atoms with Gasteiger partial charge in [0.15, 0.2) is 5.44 Å². The number of pyridine rings is 1. The molecule has 0 aliphatic rings. The molecule has 0 aliphatic heterocycles. The molecule has 0 amide bonds. The molecule has 0 saturated heterocycles. The van der Waals surface area contributed by atoms with E-state index in [1.165, 1.54) is 5.56 Å². The zero-order valence-electron chi connectivity index (χ0n) is 15.1. The van der Waals surface area contributed by atoms with Gasteiger partial charge in [-0.15, -0.1) is 0 Å². The standard InChI is InChI=1S/C21H24N2O3S/c22-27(24,25)21(13-7-4-10-17-8-2-1-3-9-17)26-16-19-15-14-18-11-5-6-12-20(18)23-19/h1-3,5-6,8-9,11-12,14-15,21H,4,7,10,13,16H2,(H2,22,24,25). The summed E-state index contributed by atoms with van der Waals surface area (Å²) in [5.74, 6) is 0. The van der Waals surface area contributed by atoms with Crippen LogP contribution in [0.2, 0.25) is 0 Å². The Morgan fingerprint density at radius 1 is 0.926 bits per heavy atom. The fourth-order valence-corrected chi connectivity index (χ4v) is 3.75. The summed E-state index contributed by atoms with van der Waals surface area (Å²) in [5.41, 5.74) is 1.77. The monoisotopic (exact) mass is 384 g/mol. The molecule has 2 aromatic carbocycles. The van der Waals surface area contributed by atoms with Crippen molar-refractivity contribution in [3.05, 3.63) is 78.0 Å². The van der Waals surface area contributed by atoms with Gasteiger partial charge in [0.1, 0.15) is 0 Å². The second-order valence-corrected chi connectivity index (χ2v) is 8.26. The van der Waals surface area contributed by atoms with E-state index in [4.69, 9.17) is 9.88 Å². The summed E-state index contributed by atoms with van der Waals surface area (Å²) in [5, 5.41) is 6.39. The number of nitrogens with zero attached hydrogens (tertiary/aromatic N) is 1. The number of sulfonamides is 1. The van der Waals surface area contributed by atoms with Crippen LogP contribution in [0.5, 0.6) is 0 Å². The lowest BCUT2D eigenvalue weighted by atomic mass is 10.1. The van der Waals surface area contributed by atoms with Crippen molar-refractivity contribution >= 4 is 20.9 Å². The average Bonchev–Trinajstić information content (AvgIpc) is 2.67. The number of hydrogen-bond donors (Lipinski definition) is 1. The number of aryl methyl sites for hydroxylation is 1. The average molecular weight is 385 g/mol. The van der Waals surface area contributed by atoms with Crippen LogP contribution in [0.4, 0.5) is 0 Å². The number of nitrogens with two attached hydrogens (primary N) is 1. The third kappa shape index (κ3) is 5.85. The van der Waals surface area contributed by atoms with Gasteiger partial charge in [-0.25, -0.2) is 13.6 Å². The molecule has 1 unspecified atom stereocenters. The summed E-state index contributed by atoms with van der Waals surface area (Å²) in [6.07, 6.45) is 2.89. The molecule has 0 bridgehead atoms. The van der Waals surface area contributed by atoms with Crippen LogP contribution in [0.25, 0.3) is 10.9 Å². The molecule has 5 nitrogen and oxygen atoms in total. The Hall–Kier alpha value is -2.28. The summed E-state index contributed by atoms with van der Waals surface area (Å²) in [6.45, 7) is 0.116. The Labute approximate surface area is 160 Å². The van der Waals surface area contributed by atoms with Crippen molar-refractivity contribution < 1.29 is 13.2 Å². The highest BCUT2D eigenvalue weighted by Gasteiger charge is 2.22. The normalized spacial score (nSPS) is 12.9. The Balaban J connectivity index is 1.54. The van der Waals surface area contributed by atoms with Crippen molar-refractivity contribution in [2.24, 2.45) is 5.14 Å². The zero-order chi connectivity index (χ0) is 19.1. The smallest absolute Gasteiger partial charge is 0.236 e. The van der Waals surface area contributed by atoms with Gasteiger partial charge >= 0.3 is 0 Å². The Kier molecular flexibility index (Phi) is 6.55. The second-order valence-electron chi connectivity index (χ2n) is 6.56. The van der Waals surface area contributed by atoms with Gasteiger partial charge in [0.25, 0.3) is 0 Å². The maximum absolute atomic E-state index is 11.9. The SMILES string of the molecule is NS(=O)(=O)C(CCCCc1ccccc1)OCc1ccc2ccccc2n1. The zero-order valence-corrected chi connectivity index (χ0v) is 15.9. The largest absolute Gasteiger partial charge is 0.355 e. The third-order valence-electron chi connectivity index (χ3n) is 4.44. The molecule has 27 heavy (non-hydrogen) atoms. The van der Waals surface area contributed by atoms with Crippen LogP contribution >= 0.6 is 0 Å². The molecule has 1 atom stereocenters. The molecule has 0 aliphatic carbocycles. The van der Waals surface area contributed by atoms with Gasteiger partial charge in [0, 0.05) is 5.39 Å². The highest BCUT2D eigenvalue weighted by atomic mass is 32.2. The quantitative estimate of drug-likeness (QED) is 0.569. The van der Waals surface area contributed by atoms with Crippen molar-refractivity contribution in [1.29, 1.82) is 0 Å². The van der Waals surface area contributed by atoms with Crippen molar-refractivity contribution in [2.45, 2.75) is 37.7 Å². The first-order valence-corrected chi connectivity index (χ1v) is 10.6. The molecular formula is C21H24N2O3S. The summed E-state index contributed by atoms with van der Waals surface area (Å²) in [6, 6.07) is 21.7. The lowest BCUT2D eigenvalue weighted by molar-refractivity contribution is 0.0828. The van der Waals surface area contributed by atoms with E-state index in [0.29, 0.717) is 12.1 Å². The molecule has 6 heteroatoms. The van der Waals surface area contributed by atoms with E-state index in [1.807, 2.05) is 54.6 Å². The minimum absolute atomic E-state index is 0.116. The van der Waals surface area contributed by atoms with Gasteiger partial charge in [-0.05, 0) is 43.4 Å². The number of primary sulfonamides is 1. The van der Waals surface area contributed by atoms with Crippen LogP contribution in [-0.2, 0) is 27.8 Å². The van der Waals surface area contributed by atoms with Gasteiger partial charge in [-0.2, -0.15) is 0 Å². The van der Waals surface area contributed by atoms with Crippen LogP contribution in [0.1, 0.15) is 30.5 Å². The summed E-state index contributed by atoms with van der Waals surface area (Å²) in [7, 11) is -3.77. The van der Waals surface area contributed by atoms with Gasteiger partial charge in [-0.1, -0.05) is 54.6 Å². The van der Waals surface area contributed by atoms with E-state index in [1.54, 1.807) is 0 Å². The first kappa shape index (κ1) is 19.5. The molecule has 0 radical (unpaired) electrons. The number of fused-ring (bicyclic) bond motifs is 1. The fraction of sp³-hybridized carbons (Fsp3) is 0.286. The highest BCUT2D eigenvalue weighted by molar-refractivity contribution is 7.89. The van der Waals surface area contributed by atoms with Gasteiger partial charge < -0.3 is 4.74 Å². The summed E-state index contributed by atoms with van der Waals surface area (Å²) >= 11 is 0. The van der Waals surface area contributed by atoms with Crippen LogP contribution < -0.4 is 5.14 Å². The molecule has 0 spiro atoms. The van der Waals surface area contributed by atoms with Crippen molar-refractivity contribution in [3.8, 4) is 0 Å². The number of para-hydroxylation sites is 1. The first-order chi connectivity index (χ1) is 13.0. The Morgan fingerprint density at radius 2 is 1.67 bits per heavy atom. The number of aromatic nitrogens is 1. The van der Waals surface area contributed by atoms with E-state index in [9.17, 15) is 8.42 Å². The first-order valence-electron chi connectivity index (χ1n) is 9.04. The van der Waals surface area contributed by atoms with Crippen LogP contribution in [-0.4, -0.2) is 18.8 Å². The lowest BCUT2D eigenvalue weighted by Crippen LogP contribution is -2.31. The molecule has 3 aromatic rings. The van der Waals surface area contributed by atoms with Gasteiger partial charge in [0.2, 0.25) is 10.0 Å². The van der Waals surface area contributed by atoms with Crippen molar-refractivity contribution in [3.63, 3.8) is 0 Å². The minimum atomic E-state index is -3.77. The second kappa shape index (κ2) is 9.08. The van der Waals surface area contributed by atoms with E-state index in [-0.39, 0.29) is 6.61 Å². The highest BCUT2D eigenvalue weighted by Crippen LogP contribution is 2.16. The molecule has 142 valence electrons. The summed E-state index contributed by atoms with van der Waals surface area (Å²) in [4.78, 5) is 4.50. The number of ether oxygens (including phenoxy) is 1. The summed E-state index contributed by atoms with van der Waals surface area (Å²) < 4.78 is 29.3. The van der Waals surface area contributed by atoms with E-state index >= 15 is 0 Å². The molecule has 0 fully saturated rings. The van der Waals surface area contributed by atoms with Gasteiger partial charge in [0.05, 0.1) is 17.8 Å². The van der Waals surface area contributed by atoms with Crippen molar-refractivity contribution in [2.75, 3.05) is 0 Å². The number of benzene rings is 2. The predicted molar refractivity (Wildman–Crippen MR) is 107 cm³/mol. The maximum atomic E-state index is 11.9. The molecule has 0 saturated carbocycles. The Morgan fingerprint density at radius 3 is 2.44 bits per heavy atom. The molecule has 1 aromatic heterocycles. The Bertz CT molecular complexity index is 975. The van der Waals surface area contributed by atoms with Crippen molar-refractivity contribution in [1.82, 2.24) is 4.98 Å². The topological polar surface area (TPSA) is 82.3 Å². The van der Waals surface area contributed by atoms with Crippen LogP contribution in [0.3, 0.4) is 0 Å². The number of unbranched alkanes of at least 4 members (excludes halogenated alkanes) is 1. The predicted octanol–water partition coefficient (Wildman–Crippen LogP) is 3.78. The fourth-order valence-electron chi connectivity index (χ4n) is 2.99.